The maximum absolute atomic E-state index is 15.1. The zero-order valence-corrected chi connectivity index (χ0v) is 26.7. The first kappa shape index (κ1) is 30.2. The molecule has 2 aliphatic rings. The highest BCUT2D eigenvalue weighted by molar-refractivity contribution is 5.94. The van der Waals surface area contributed by atoms with Crippen molar-refractivity contribution in [2.24, 2.45) is 11.8 Å². The minimum atomic E-state index is -0.185. The lowest BCUT2D eigenvalue weighted by Gasteiger charge is -2.28. The summed E-state index contributed by atoms with van der Waals surface area (Å²) in [5, 5.41) is 0. The second-order valence-electron chi connectivity index (χ2n) is 13.4. The van der Waals surface area contributed by atoms with Gasteiger partial charge in [0.25, 0.3) is 0 Å². The lowest BCUT2D eigenvalue weighted by atomic mass is 9.77. The van der Waals surface area contributed by atoms with E-state index in [0.717, 1.165) is 59.4 Å². The number of hydrogen-bond donors (Lipinski definition) is 0. The Hall–Kier alpha value is -3.85. The molecule has 0 aliphatic heterocycles. The topological polar surface area (TPSA) is 35.5 Å². The molecule has 3 heteroatoms. The van der Waals surface area contributed by atoms with Crippen LogP contribution >= 0.6 is 0 Å². The molecule has 3 nitrogen and oxygen atoms in total. The van der Waals surface area contributed by atoms with Crippen molar-refractivity contribution in [2.45, 2.75) is 90.3 Å². The van der Waals surface area contributed by atoms with Crippen LogP contribution in [0.2, 0.25) is 0 Å². The summed E-state index contributed by atoms with van der Waals surface area (Å²) in [5.74, 6) is 3.06. The standard InChI is InChI=1S/C41H46O3/c1-27(2)33-17-11-19-35(40(33)43-25-29-13-7-5-8-14-29)37(31-21-22-31)39(42)38(32-23-24-32)36-20-12-18-34(28(3)4)41(36)44-26-30-15-9-6-10-16-30/h5-20,27-28,31-32,37-38H,21-26H2,1-4H3. The molecule has 0 spiro atoms. The lowest BCUT2D eigenvalue weighted by molar-refractivity contribution is -0.123. The van der Waals surface area contributed by atoms with E-state index in [4.69, 9.17) is 9.47 Å². The van der Waals surface area contributed by atoms with Gasteiger partial charge in [0.05, 0.1) is 0 Å². The minimum Gasteiger partial charge on any atom is -0.488 e. The van der Waals surface area contributed by atoms with E-state index in [-0.39, 0.29) is 23.7 Å². The van der Waals surface area contributed by atoms with E-state index >= 15 is 4.79 Å². The van der Waals surface area contributed by atoms with Crippen molar-refractivity contribution in [3.8, 4) is 11.5 Å². The maximum Gasteiger partial charge on any atom is 0.148 e. The van der Waals surface area contributed by atoms with E-state index in [9.17, 15) is 0 Å². The molecule has 4 aromatic carbocycles. The van der Waals surface area contributed by atoms with E-state index in [2.05, 4.69) is 88.4 Å². The molecule has 2 saturated carbocycles. The first-order valence-corrected chi connectivity index (χ1v) is 16.5. The Balaban J connectivity index is 1.39. The highest BCUT2D eigenvalue weighted by Gasteiger charge is 2.47. The number of carbonyl (C=O) groups is 1. The highest BCUT2D eigenvalue weighted by Crippen LogP contribution is 2.54. The van der Waals surface area contributed by atoms with Crippen molar-refractivity contribution in [2.75, 3.05) is 0 Å². The second-order valence-corrected chi connectivity index (χ2v) is 13.4. The number of para-hydroxylation sites is 2. The van der Waals surface area contributed by atoms with E-state index in [1.807, 2.05) is 36.4 Å². The molecule has 6 rings (SSSR count). The SMILES string of the molecule is CC(C)c1cccc(C(C(=O)C(c2cccc(C(C)C)c2OCc2ccccc2)C2CC2)C2CC2)c1OCc1ccccc1. The number of ketones is 1. The molecule has 4 aromatic rings. The quantitative estimate of drug-likeness (QED) is 0.147. The monoisotopic (exact) mass is 586 g/mol. The van der Waals surface area contributed by atoms with Gasteiger partial charge in [0, 0.05) is 23.0 Å². The minimum absolute atomic E-state index is 0.185. The van der Waals surface area contributed by atoms with Crippen molar-refractivity contribution in [3.63, 3.8) is 0 Å². The first-order chi connectivity index (χ1) is 21.4. The largest absolute Gasteiger partial charge is 0.488 e. The third-order valence-corrected chi connectivity index (χ3v) is 9.32. The van der Waals surface area contributed by atoms with Crippen LogP contribution in [-0.4, -0.2) is 5.78 Å². The normalized spacial score (nSPS) is 16.1. The highest BCUT2D eigenvalue weighted by atomic mass is 16.5. The molecule has 0 N–H and O–H groups in total. The summed E-state index contributed by atoms with van der Waals surface area (Å²) >= 11 is 0. The fraction of sp³-hybridized carbons (Fsp3) is 0.390. The van der Waals surface area contributed by atoms with Crippen molar-refractivity contribution in [1.29, 1.82) is 0 Å². The van der Waals surface area contributed by atoms with Gasteiger partial charge in [0.2, 0.25) is 0 Å². The van der Waals surface area contributed by atoms with Gasteiger partial charge in [0.15, 0.2) is 0 Å². The molecule has 0 saturated heterocycles. The van der Waals surface area contributed by atoms with Crippen LogP contribution in [-0.2, 0) is 18.0 Å². The lowest BCUT2D eigenvalue weighted by Crippen LogP contribution is -2.25. The number of Topliss-reactive ketones (excluding diaryl/α,β-unsaturated/α-hetero) is 1. The van der Waals surface area contributed by atoms with Gasteiger partial charge in [-0.2, -0.15) is 0 Å². The van der Waals surface area contributed by atoms with Gasteiger partial charge in [-0.3, -0.25) is 4.79 Å². The zero-order chi connectivity index (χ0) is 30.6. The predicted octanol–water partition coefficient (Wildman–Crippen LogP) is 10.3. The Morgan fingerprint density at radius 2 is 0.909 bits per heavy atom. The summed E-state index contributed by atoms with van der Waals surface area (Å²) in [4.78, 5) is 15.1. The van der Waals surface area contributed by atoms with E-state index in [1.54, 1.807) is 0 Å². The molecule has 0 radical (unpaired) electrons. The Morgan fingerprint density at radius 3 is 1.25 bits per heavy atom. The molecule has 0 amide bonds. The Labute approximate surface area is 263 Å². The molecular weight excluding hydrogens is 540 g/mol. The molecule has 44 heavy (non-hydrogen) atoms. The molecule has 228 valence electrons. The number of carbonyl (C=O) groups excluding carboxylic acids is 1. The average Bonchev–Trinajstić information content (AvgIpc) is 3.97. The van der Waals surface area contributed by atoms with Crippen LogP contribution in [0.1, 0.15) is 110 Å². The molecule has 2 unspecified atom stereocenters. The molecule has 2 aliphatic carbocycles. The van der Waals surface area contributed by atoms with Gasteiger partial charge >= 0.3 is 0 Å². The zero-order valence-electron chi connectivity index (χ0n) is 26.7. The third-order valence-electron chi connectivity index (χ3n) is 9.32. The van der Waals surface area contributed by atoms with Gasteiger partial charge in [-0.05, 0) is 71.6 Å². The van der Waals surface area contributed by atoms with Crippen LogP contribution < -0.4 is 9.47 Å². The van der Waals surface area contributed by atoms with Crippen molar-refractivity contribution in [3.05, 3.63) is 130 Å². The third kappa shape index (κ3) is 6.78. The van der Waals surface area contributed by atoms with E-state index in [0.29, 0.717) is 30.8 Å². The molecule has 2 fully saturated rings. The van der Waals surface area contributed by atoms with Crippen LogP contribution in [0.5, 0.6) is 11.5 Å². The Kier molecular flexibility index (Phi) is 9.21. The van der Waals surface area contributed by atoms with Crippen LogP contribution in [0.4, 0.5) is 0 Å². The van der Waals surface area contributed by atoms with Gasteiger partial charge < -0.3 is 9.47 Å². The van der Waals surface area contributed by atoms with Crippen molar-refractivity contribution < 1.29 is 14.3 Å². The number of rotatable bonds is 14. The van der Waals surface area contributed by atoms with E-state index < -0.39 is 0 Å². The van der Waals surface area contributed by atoms with Gasteiger partial charge in [0.1, 0.15) is 30.5 Å². The van der Waals surface area contributed by atoms with Crippen LogP contribution in [0, 0.1) is 11.8 Å². The summed E-state index contributed by atoms with van der Waals surface area (Å²) in [6.07, 6.45) is 4.34. The van der Waals surface area contributed by atoms with E-state index in [1.165, 1.54) is 11.1 Å². The Bertz CT molecular complexity index is 1430. The summed E-state index contributed by atoms with van der Waals surface area (Å²) in [6.45, 7) is 9.82. The fourth-order valence-electron chi connectivity index (χ4n) is 6.67. The molecule has 2 atom stereocenters. The summed E-state index contributed by atoms with van der Waals surface area (Å²) in [5.41, 5.74) is 6.75. The smallest absolute Gasteiger partial charge is 0.148 e. The Morgan fingerprint density at radius 1 is 0.545 bits per heavy atom. The van der Waals surface area contributed by atoms with Crippen molar-refractivity contribution in [1.82, 2.24) is 0 Å². The number of benzene rings is 4. The van der Waals surface area contributed by atoms with Gasteiger partial charge in [-0.1, -0.05) is 125 Å². The summed E-state index contributed by atoms with van der Waals surface area (Å²) in [7, 11) is 0. The van der Waals surface area contributed by atoms with Crippen LogP contribution in [0.25, 0.3) is 0 Å². The molecule has 0 bridgehead atoms. The molecular formula is C41H46O3. The molecule has 0 aromatic heterocycles. The van der Waals surface area contributed by atoms with Crippen molar-refractivity contribution >= 4 is 5.78 Å². The van der Waals surface area contributed by atoms with Gasteiger partial charge in [-0.15, -0.1) is 0 Å². The molecule has 0 heterocycles. The number of ether oxygens (including phenoxy) is 2. The average molecular weight is 587 g/mol. The fourth-order valence-corrected chi connectivity index (χ4v) is 6.67. The predicted molar refractivity (Wildman–Crippen MR) is 179 cm³/mol. The summed E-state index contributed by atoms with van der Waals surface area (Å²) < 4.78 is 13.3. The van der Waals surface area contributed by atoms with Gasteiger partial charge in [-0.25, -0.2) is 0 Å². The number of hydrogen-bond acceptors (Lipinski definition) is 3. The summed E-state index contributed by atoms with van der Waals surface area (Å²) in [6, 6.07) is 33.6. The van der Waals surface area contributed by atoms with Crippen LogP contribution in [0.3, 0.4) is 0 Å². The van der Waals surface area contributed by atoms with Crippen LogP contribution in [0.15, 0.2) is 97.1 Å². The maximum atomic E-state index is 15.1. The second kappa shape index (κ2) is 13.4. The first-order valence-electron chi connectivity index (χ1n) is 16.5.